The van der Waals surface area contributed by atoms with Gasteiger partial charge < -0.3 is 0 Å². The van der Waals surface area contributed by atoms with Crippen molar-refractivity contribution in [3.05, 3.63) is 75.0 Å². The Morgan fingerprint density at radius 2 is 1.54 bits per heavy atom. The summed E-state index contributed by atoms with van der Waals surface area (Å²) in [5.41, 5.74) is 2.91. The van der Waals surface area contributed by atoms with Crippen LogP contribution in [-0.2, 0) is 0 Å². The van der Waals surface area contributed by atoms with E-state index in [-0.39, 0.29) is 17.5 Å². The topological polar surface area (TPSA) is 34.1 Å². The van der Waals surface area contributed by atoms with Crippen molar-refractivity contribution < 1.29 is 9.59 Å². The van der Waals surface area contributed by atoms with Gasteiger partial charge in [0.2, 0.25) is 0 Å². The molecule has 2 heterocycles. The molecule has 2 nitrogen and oxygen atoms in total. The molecular weight excluding hydrogens is 536 g/mol. The van der Waals surface area contributed by atoms with E-state index in [9.17, 15) is 9.59 Å². The molecule has 186 valence electrons. The molecule has 0 saturated heterocycles. The molecule has 1 aliphatic heterocycles. The summed E-state index contributed by atoms with van der Waals surface area (Å²) in [6.45, 7) is 4.50. The Morgan fingerprint density at radius 3 is 2.14 bits per heavy atom. The number of thioether (sulfide) groups is 1. The Kier molecular flexibility index (Phi) is 9.29. The third-order valence-electron chi connectivity index (χ3n) is 7.08. The average molecular weight is 572 g/mol. The lowest BCUT2D eigenvalue weighted by molar-refractivity contribution is 0.0988. The number of alkyl halides is 1. The second-order valence-corrected chi connectivity index (χ2v) is 13.7. The van der Waals surface area contributed by atoms with Gasteiger partial charge in [0.25, 0.3) is 0 Å². The minimum atomic E-state index is -0.485. The van der Waals surface area contributed by atoms with Crippen LogP contribution in [0.3, 0.4) is 0 Å². The molecule has 35 heavy (non-hydrogen) atoms. The fourth-order valence-corrected chi connectivity index (χ4v) is 8.84. The molecule has 0 fully saturated rings. The van der Waals surface area contributed by atoms with E-state index in [1.54, 1.807) is 23.5 Å². The SMILES string of the molecule is CCCCCCC1=C(c2cccs2)SC(Br)(C=C2C(=O)c3ccccc3C2=O)C1CCCCCC. The van der Waals surface area contributed by atoms with Gasteiger partial charge >= 0.3 is 0 Å². The Balaban J connectivity index is 1.70. The van der Waals surface area contributed by atoms with Crippen molar-refractivity contribution in [2.75, 3.05) is 0 Å². The number of Topliss-reactive ketones (excluding diaryl/α,β-unsaturated/α-hetero) is 2. The van der Waals surface area contributed by atoms with Gasteiger partial charge in [0, 0.05) is 26.8 Å². The molecule has 0 saturated carbocycles. The smallest absolute Gasteiger partial charge is 0.197 e. The summed E-state index contributed by atoms with van der Waals surface area (Å²) >= 11 is 7.72. The van der Waals surface area contributed by atoms with Crippen LogP contribution in [0.1, 0.15) is 104 Å². The zero-order valence-electron chi connectivity index (χ0n) is 20.8. The van der Waals surface area contributed by atoms with Gasteiger partial charge in [-0.25, -0.2) is 0 Å². The van der Waals surface area contributed by atoms with E-state index in [4.69, 9.17) is 0 Å². The minimum absolute atomic E-state index is 0.135. The van der Waals surface area contributed by atoms with Gasteiger partial charge in [-0.2, -0.15) is 0 Å². The van der Waals surface area contributed by atoms with Gasteiger partial charge in [-0.3, -0.25) is 9.59 Å². The van der Waals surface area contributed by atoms with Gasteiger partial charge in [-0.1, -0.05) is 105 Å². The van der Waals surface area contributed by atoms with Crippen molar-refractivity contribution in [1.82, 2.24) is 0 Å². The van der Waals surface area contributed by atoms with Crippen LogP contribution < -0.4 is 0 Å². The minimum Gasteiger partial charge on any atom is -0.288 e. The third-order valence-corrected chi connectivity index (χ3v) is 10.8. The van der Waals surface area contributed by atoms with Crippen LogP contribution in [0.15, 0.2) is 59.0 Å². The van der Waals surface area contributed by atoms with Crippen LogP contribution >= 0.6 is 39.0 Å². The number of carbonyl (C=O) groups is 2. The zero-order chi connectivity index (χ0) is 24.8. The normalized spacial score (nSPS) is 21.8. The number of halogens is 1. The Hall–Kier alpha value is -1.43. The van der Waals surface area contributed by atoms with Crippen LogP contribution in [0, 0.1) is 5.92 Å². The Morgan fingerprint density at radius 1 is 0.886 bits per heavy atom. The molecule has 5 heteroatoms. The maximum absolute atomic E-state index is 13.2. The number of allylic oxidation sites excluding steroid dienone is 2. The largest absolute Gasteiger partial charge is 0.288 e. The maximum atomic E-state index is 13.2. The van der Waals surface area contributed by atoms with Crippen molar-refractivity contribution >= 4 is 55.5 Å². The lowest BCUT2D eigenvalue weighted by atomic mass is 9.85. The zero-order valence-corrected chi connectivity index (χ0v) is 24.0. The van der Waals surface area contributed by atoms with Crippen molar-refractivity contribution in [3.63, 3.8) is 0 Å². The fraction of sp³-hybridized carbons (Fsp3) is 0.467. The molecular formula is C30H35BrO2S2. The molecule has 4 rings (SSSR count). The second kappa shape index (κ2) is 12.2. The van der Waals surface area contributed by atoms with Crippen LogP contribution in [0.25, 0.3) is 4.91 Å². The molecule has 1 aliphatic carbocycles. The van der Waals surface area contributed by atoms with E-state index in [1.165, 1.54) is 60.3 Å². The predicted octanol–water partition coefficient (Wildman–Crippen LogP) is 9.86. The number of hydrogen-bond acceptors (Lipinski definition) is 4. The van der Waals surface area contributed by atoms with Crippen molar-refractivity contribution in [3.8, 4) is 0 Å². The van der Waals surface area contributed by atoms with Crippen LogP contribution in [0.4, 0.5) is 0 Å². The van der Waals surface area contributed by atoms with E-state index in [0.29, 0.717) is 16.7 Å². The van der Waals surface area contributed by atoms with Crippen molar-refractivity contribution in [2.24, 2.45) is 5.92 Å². The molecule has 0 amide bonds. The first-order valence-electron chi connectivity index (χ1n) is 13.1. The highest BCUT2D eigenvalue weighted by Crippen LogP contribution is 2.62. The highest BCUT2D eigenvalue weighted by atomic mass is 79.9. The summed E-state index contributed by atoms with van der Waals surface area (Å²) in [6, 6.07) is 11.5. The molecule has 2 aliphatic rings. The number of benzene rings is 1. The highest BCUT2D eigenvalue weighted by Gasteiger charge is 2.47. The number of ketones is 2. The van der Waals surface area contributed by atoms with Gasteiger partial charge in [-0.15, -0.1) is 23.1 Å². The van der Waals surface area contributed by atoms with E-state index in [2.05, 4.69) is 47.3 Å². The molecule has 0 spiro atoms. The second-order valence-electron chi connectivity index (χ2n) is 9.61. The highest BCUT2D eigenvalue weighted by molar-refractivity contribution is 9.12. The molecule has 0 radical (unpaired) electrons. The number of fused-ring (bicyclic) bond motifs is 1. The lowest BCUT2D eigenvalue weighted by Crippen LogP contribution is -2.25. The van der Waals surface area contributed by atoms with E-state index < -0.39 is 3.66 Å². The van der Waals surface area contributed by atoms with Gasteiger partial charge in [0.05, 0.1) is 5.57 Å². The fourth-order valence-electron chi connectivity index (χ4n) is 5.21. The molecule has 2 atom stereocenters. The van der Waals surface area contributed by atoms with Crippen LogP contribution in [0.2, 0.25) is 0 Å². The molecule has 0 bridgehead atoms. The van der Waals surface area contributed by atoms with Gasteiger partial charge in [0.1, 0.15) is 3.66 Å². The number of rotatable bonds is 12. The standard InChI is InChI=1S/C30H35BrO2S2/c1-3-5-7-9-16-23-25(17-10-8-6-4-2)30(31,35-29(23)26-18-13-19-34-26)20-24-27(32)21-14-11-12-15-22(21)28(24)33/h11-15,18-20,25H,3-10,16-17H2,1-2H3. The summed E-state index contributed by atoms with van der Waals surface area (Å²) in [4.78, 5) is 29.1. The lowest BCUT2D eigenvalue weighted by Gasteiger charge is -2.29. The van der Waals surface area contributed by atoms with Gasteiger partial charge in [0.15, 0.2) is 11.6 Å². The molecule has 0 N–H and O–H groups in total. The van der Waals surface area contributed by atoms with E-state index in [0.717, 1.165) is 19.3 Å². The van der Waals surface area contributed by atoms with Crippen LogP contribution in [-0.4, -0.2) is 15.2 Å². The molecule has 2 aromatic rings. The first-order valence-corrected chi connectivity index (χ1v) is 15.5. The molecule has 1 aromatic heterocycles. The Labute approximate surface area is 226 Å². The summed E-state index contributed by atoms with van der Waals surface area (Å²) in [5, 5.41) is 2.14. The average Bonchev–Trinajstić information content (AvgIpc) is 3.54. The summed E-state index contributed by atoms with van der Waals surface area (Å²) in [5.74, 6) is -0.00690. The molecule has 1 aromatic carbocycles. The number of thiophene rings is 1. The first kappa shape index (κ1) is 26.6. The van der Waals surface area contributed by atoms with E-state index in [1.807, 2.05) is 30.0 Å². The monoisotopic (exact) mass is 570 g/mol. The number of unbranched alkanes of at least 4 members (excludes halogenated alkanes) is 6. The van der Waals surface area contributed by atoms with Crippen molar-refractivity contribution in [1.29, 1.82) is 0 Å². The van der Waals surface area contributed by atoms with Crippen molar-refractivity contribution in [2.45, 2.75) is 81.7 Å². The maximum Gasteiger partial charge on any atom is 0.197 e. The quantitative estimate of drug-likeness (QED) is 0.110. The van der Waals surface area contributed by atoms with Crippen LogP contribution in [0.5, 0.6) is 0 Å². The number of carbonyl (C=O) groups excluding carboxylic acids is 2. The van der Waals surface area contributed by atoms with Gasteiger partial charge in [-0.05, 0) is 42.4 Å². The number of hydrogen-bond donors (Lipinski definition) is 0. The Bertz CT molecular complexity index is 1080. The first-order chi connectivity index (χ1) is 17.0. The third kappa shape index (κ3) is 5.78. The van der Waals surface area contributed by atoms with E-state index >= 15 is 0 Å². The summed E-state index contributed by atoms with van der Waals surface area (Å²) < 4.78 is -0.485. The summed E-state index contributed by atoms with van der Waals surface area (Å²) in [7, 11) is 0. The predicted molar refractivity (Wildman–Crippen MR) is 155 cm³/mol. The molecule has 2 unspecified atom stereocenters. The summed E-state index contributed by atoms with van der Waals surface area (Å²) in [6.07, 6.45) is 13.9.